The van der Waals surface area contributed by atoms with Gasteiger partial charge < -0.3 is 14.5 Å². The summed E-state index contributed by atoms with van der Waals surface area (Å²) < 4.78 is 12.4. The van der Waals surface area contributed by atoms with Gasteiger partial charge in [0.1, 0.15) is 18.0 Å². The van der Waals surface area contributed by atoms with E-state index < -0.39 is 0 Å². The third-order valence-corrected chi connectivity index (χ3v) is 3.78. The number of nitrogens with one attached hydrogen (secondary N) is 1. The number of carbonyl (C=O) groups is 1. The molecule has 3 rings (SSSR count). The van der Waals surface area contributed by atoms with E-state index in [1.807, 2.05) is 40.9 Å². The van der Waals surface area contributed by atoms with Crippen molar-refractivity contribution in [1.29, 1.82) is 0 Å². The average molecular weight is 360 g/mol. The van der Waals surface area contributed by atoms with Crippen molar-refractivity contribution in [1.82, 2.24) is 14.7 Å². The topological polar surface area (TPSA) is 68.8 Å². The fourth-order valence-electron chi connectivity index (χ4n) is 2.30. The molecule has 0 aliphatic rings. The minimum absolute atomic E-state index is 0.187. The number of rotatable bonds is 8. The molecular weight excluding hydrogens is 342 g/mol. The Balaban J connectivity index is 1.41. The van der Waals surface area contributed by atoms with Gasteiger partial charge in [-0.15, -0.1) is 0 Å². The Hall–Kier alpha value is -2.57. The van der Waals surface area contributed by atoms with Crippen molar-refractivity contribution in [3.05, 3.63) is 65.5 Å². The minimum atomic E-state index is -0.187. The molecule has 0 atom stereocenters. The molecule has 3 heterocycles. The summed E-state index contributed by atoms with van der Waals surface area (Å²) >= 11 is 6.12. The lowest BCUT2D eigenvalue weighted by Gasteiger charge is -2.03. The number of halogens is 1. The van der Waals surface area contributed by atoms with Crippen LogP contribution in [0, 0.1) is 0 Å². The lowest BCUT2D eigenvalue weighted by molar-refractivity contribution is -0.116. The monoisotopic (exact) mass is 359 g/mol. The molecule has 0 radical (unpaired) electrons. The Morgan fingerprint density at radius 1 is 1.36 bits per heavy atom. The van der Waals surface area contributed by atoms with Crippen LogP contribution in [0.25, 0.3) is 11.7 Å². The Bertz CT molecular complexity index is 856. The van der Waals surface area contributed by atoms with E-state index in [-0.39, 0.29) is 5.91 Å². The molecular formula is C18H18ClN3O3. The van der Waals surface area contributed by atoms with Crippen LogP contribution in [0.2, 0.25) is 5.15 Å². The van der Waals surface area contributed by atoms with Crippen LogP contribution in [0.5, 0.6) is 0 Å². The number of hydrogen-bond donors (Lipinski definition) is 1. The molecule has 7 heteroatoms. The van der Waals surface area contributed by atoms with E-state index in [9.17, 15) is 4.79 Å². The summed E-state index contributed by atoms with van der Waals surface area (Å²) in [5.41, 5.74) is 1.41. The molecule has 0 saturated carbocycles. The van der Waals surface area contributed by atoms with Crippen molar-refractivity contribution >= 4 is 29.2 Å². The molecule has 0 aromatic carbocycles. The van der Waals surface area contributed by atoms with Crippen molar-refractivity contribution < 1.29 is 13.9 Å². The number of pyridine rings is 1. The molecule has 130 valence electrons. The third kappa shape index (κ3) is 4.71. The highest BCUT2D eigenvalue weighted by Crippen LogP contribution is 2.18. The summed E-state index contributed by atoms with van der Waals surface area (Å²) in [4.78, 5) is 16.1. The average Bonchev–Trinajstić information content (AvgIpc) is 3.23. The molecule has 0 saturated heterocycles. The molecule has 3 aromatic rings. The van der Waals surface area contributed by atoms with Gasteiger partial charge >= 0.3 is 0 Å². The van der Waals surface area contributed by atoms with Gasteiger partial charge in [-0.05, 0) is 36.8 Å². The first-order valence-electron chi connectivity index (χ1n) is 7.92. The summed E-state index contributed by atoms with van der Waals surface area (Å²) in [6.07, 6.45) is 7.29. The second-order valence-electron chi connectivity index (χ2n) is 5.33. The first-order chi connectivity index (χ1) is 12.2. The van der Waals surface area contributed by atoms with Crippen molar-refractivity contribution in [3.63, 3.8) is 0 Å². The van der Waals surface area contributed by atoms with Crippen molar-refractivity contribution in [2.75, 3.05) is 13.2 Å². The normalized spacial score (nSPS) is 11.4. The standard InChI is InChI=1S/C18H18ClN3O3/c19-18-15(22-10-2-1-6-16(22)21-18)7-8-17(23)20-9-4-11-24-13-14-5-3-12-25-14/h1-3,5-8,10,12H,4,9,11,13H2,(H,20,23)/b8-7-. The predicted octanol–water partition coefficient (Wildman–Crippen LogP) is 3.32. The predicted molar refractivity (Wildman–Crippen MR) is 95.2 cm³/mol. The maximum Gasteiger partial charge on any atom is 0.244 e. The second kappa shape index (κ2) is 8.50. The summed E-state index contributed by atoms with van der Waals surface area (Å²) in [6.45, 7) is 1.51. The van der Waals surface area contributed by atoms with Crippen LogP contribution in [-0.4, -0.2) is 28.4 Å². The zero-order chi connectivity index (χ0) is 17.5. The lowest BCUT2D eigenvalue weighted by atomic mass is 10.3. The van der Waals surface area contributed by atoms with Crippen molar-refractivity contribution in [2.24, 2.45) is 0 Å². The van der Waals surface area contributed by atoms with Crippen LogP contribution < -0.4 is 5.32 Å². The van der Waals surface area contributed by atoms with E-state index in [1.165, 1.54) is 6.08 Å². The van der Waals surface area contributed by atoms with Gasteiger partial charge in [0.05, 0.1) is 12.0 Å². The van der Waals surface area contributed by atoms with Crippen LogP contribution in [-0.2, 0) is 16.1 Å². The SMILES string of the molecule is O=C(/C=C\c1c(Cl)nc2ccccn12)NCCCOCc1ccco1. The first-order valence-corrected chi connectivity index (χ1v) is 8.30. The van der Waals surface area contributed by atoms with Gasteiger partial charge in [0.2, 0.25) is 5.91 Å². The summed E-state index contributed by atoms with van der Waals surface area (Å²) in [6, 6.07) is 9.29. The highest BCUT2D eigenvalue weighted by atomic mass is 35.5. The molecule has 0 unspecified atom stereocenters. The van der Waals surface area contributed by atoms with Crippen LogP contribution in [0.4, 0.5) is 0 Å². The summed E-state index contributed by atoms with van der Waals surface area (Å²) in [5, 5.41) is 3.17. The molecule has 1 amide bonds. The van der Waals surface area contributed by atoms with Gasteiger partial charge in [-0.2, -0.15) is 0 Å². The maximum absolute atomic E-state index is 11.9. The van der Waals surface area contributed by atoms with E-state index in [2.05, 4.69) is 10.3 Å². The van der Waals surface area contributed by atoms with E-state index in [0.717, 1.165) is 17.8 Å². The number of ether oxygens (including phenoxy) is 1. The molecule has 0 bridgehead atoms. The molecule has 0 fully saturated rings. The lowest BCUT2D eigenvalue weighted by Crippen LogP contribution is -2.23. The van der Waals surface area contributed by atoms with Gasteiger partial charge in [0.25, 0.3) is 0 Å². The van der Waals surface area contributed by atoms with Crippen LogP contribution in [0.15, 0.2) is 53.3 Å². The van der Waals surface area contributed by atoms with E-state index in [1.54, 1.807) is 12.3 Å². The highest BCUT2D eigenvalue weighted by molar-refractivity contribution is 6.31. The van der Waals surface area contributed by atoms with Gasteiger partial charge in [0, 0.05) is 25.4 Å². The number of furan rings is 1. The van der Waals surface area contributed by atoms with Gasteiger partial charge in [-0.3, -0.25) is 9.20 Å². The zero-order valence-electron chi connectivity index (χ0n) is 13.5. The fourth-order valence-corrected chi connectivity index (χ4v) is 2.54. The second-order valence-corrected chi connectivity index (χ2v) is 5.68. The fraction of sp³-hybridized carbons (Fsp3) is 0.222. The maximum atomic E-state index is 11.9. The Morgan fingerprint density at radius 2 is 2.28 bits per heavy atom. The number of carbonyl (C=O) groups excluding carboxylic acids is 1. The van der Waals surface area contributed by atoms with Gasteiger partial charge in [0.15, 0.2) is 5.15 Å². The van der Waals surface area contributed by atoms with Gasteiger partial charge in [-0.25, -0.2) is 4.98 Å². The molecule has 0 spiro atoms. The Kier molecular flexibility index (Phi) is 5.87. The number of imidazole rings is 1. The van der Waals surface area contributed by atoms with E-state index >= 15 is 0 Å². The van der Waals surface area contributed by atoms with Crippen LogP contribution >= 0.6 is 11.6 Å². The number of fused-ring (bicyclic) bond motifs is 1. The highest BCUT2D eigenvalue weighted by Gasteiger charge is 2.07. The van der Waals surface area contributed by atoms with E-state index in [4.69, 9.17) is 20.8 Å². The molecule has 6 nitrogen and oxygen atoms in total. The van der Waals surface area contributed by atoms with Crippen LogP contribution in [0.3, 0.4) is 0 Å². The van der Waals surface area contributed by atoms with Gasteiger partial charge in [-0.1, -0.05) is 17.7 Å². The number of hydrogen-bond acceptors (Lipinski definition) is 4. The minimum Gasteiger partial charge on any atom is -0.467 e. The quantitative estimate of drug-likeness (QED) is 0.495. The molecule has 0 aliphatic carbocycles. The van der Waals surface area contributed by atoms with Crippen molar-refractivity contribution in [2.45, 2.75) is 13.0 Å². The smallest absolute Gasteiger partial charge is 0.244 e. The first kappa shape index (κ1) is 17.3. The molecule has 25 heavy (non-hydrogen) atoms. The number of amides is 1. The van der Waals surface area contributed by atoms with Crippen LogP contribution in [0.1, 0.15) is 17.9 Å². The summed E-state index contributed by atoms with van der Waals surface area (Å²) in [5.74, 6) is 0.602. The molecule has 0 aliphatic heterocycles. The van der Waals surface area contributed by atoms with Crippen molar-refractivity contribution in [3.8, 4) is 0 Å². The largest absolute Gasteiger partial charge is 0.467 e. The molecule has 1 N–H and O–H groups in total. The number of nitrogens with zero attached hydrogens (tertiary/aromatic N) is 2. The Labute approximate surface area is 150 Å². The summed E-state index contributed by atoms with van der Waals surface area (Å²) in [7, 11) is 0. The van der Waals surface area contributed by atoms with E-state index in [0.29, 0.717) is 30.6 Å². The Morgan fingerprint density at radius 3 is 3.12 bits per heavy atom. The zero-order valence-corrected chi connectivity index (χ0v) is 14.3. The number of aromatic nitrogens is 2. The molecule has 3 aromatic heterocycles. The third-order valence-electron chi connectivity index (χ3n) is 3.50.